The van der Waals surface area contributed by atoms with Gasteiger partial charge in [0.15, 0.2) is 5.82 Å². The van der Waals surface area contributed by atoms with E-state index in [-0.39, 0.29) is 5.82 Å². The Bertz CT molecular complexity index is 769. The van der Waals surface area contributed by atoms with Crippen LogP contribution in [0.1, 0.15) is 6.92 Å². The number of aryl methyl sites for hydroxylation is 1. The summed E-state index contributed by atoms with van der Waals surface area (Å²) in [4.78, 5) is 4.44. The first-order valence-electron chi connectivity index (χ1n) is 6.53. The molecule has 0 unspecified atom stereocenters. The van der Waals surface area contributed by atoms with E-state index < -0.39 is 0 Å². The molecule has 102 valence electrons. The van der Waals surface area contributed by atoms with Gasteiger partial charge in [-0.05, 0) is 19.1 Å². The molecule has 0 bridgehead atoms. The molecule has 20 heavy (non-hydrogen) atoms. The third kappa shape index (κ3) is 1.91. The minimum Gasteiger partial charge on any atom is -0.324 e. The summed E-state index contributed by atoms with van der Waals surface area (Å²) in [5.41, 5.74) is 2.09. The molecule has 0 aliphatic rings. The number of fused-ring (bicyclic) bond motifs is 1. The topological polar surface area (TPSA) is 35.6 Å². The monoisotopic (exact) mass is 270 g/mol. The smallest absolute Gasteiger partial charge is 0.151 e. The zero-order valence-electron chi connectivity index (χ0n) is 11.3. The number of nitrogens with zero attached hydrogens (tertiary/aromatic N) is 4. The van der Waals surface area contributed by atoms with Crippen LogP contribution in [-0.4, -0.2) is 19.3 Å². The summed E-state index contributed by atoms with van der Waals surface area (Å²) in [6, 6.07) is 5.02. The molecule has 0 atom stereocenters. The minimum atomic E-state index is -0.297. The molecule has 0 saturated carbocycles. The fourth-order valence-corrected chi connectivity index (χ4v) is 2.36. The quantitative estimate of drug-likeness (QED) is 0.682. The Morgan fingerprint density at radius 2 is 2.25 bits per heavy atom. The van der Waals surface area contributed by atoms with Crippen LogP contribution in [0.5, 0.6) is 0 Å². The molecule has 5 heteroatoms. The molecule has 3 rings (SSSR count). The largest absolute Gasteiger partial charge is 0.324 e. The van der Waals surface area contributed by atoms with E-state index >= 15 is 0 Å². The highest BCUT2D eigenvalue weighted by molar-refractivity contribution is 5.81. The summed E-state index contributed by atoms with van der Waals surface area (Å²) in [7, 11) is 0. The van der Waals surface area contributed by atoms with Crippen LogP contribution in [0, 0.1) is 5.82 Å². The van der Waals surface area contributed by atoms with Crippen molar-refractivity contribution < 1.29 is 4.39 Å². The molecule has 0 amide bonds. The van der Waals surface area contributed by atoms with Gasteiger partial charge in [-0.3, -0.25) is 4.68 Å². The van der Waals surface area contributed by atoms with Gasteiger partial charge < -0.3 is 4.57 Å². The molecule has 0 aliphatic heterocycles. The van der Waals surface area contributed by atoms with Crippen LogP contribution in [0.15, 0.2) is 43.2 Å². The Labute approximate surface area is 116 Å². The molecule has 0 radical (unpaired) electrons. The average Bonchev–Trinajstić information content (AvgIpc) is 3.03. The number of para-hydroxylation sites is 1. The third-order valence-electron chi connectivity index (χ3n) is 3.25. The Morgan fingerprint density at radius 3 is 3.00 bits per heavy atom. The Balaban J connectivity index is 2.19. The molecular weight excluding hydrogens is 255 g/mol. The summed E-state index contributed by atoms with van der Waals surface area (Å²) in [6.07, 6.45) is 5.42. The van der Waals surface area contributed by atoms with Crippen LogP contribution in [-0.2, 0) is 13.1 Å². The number of benzene rings is 1. The van der Waals surface area contributed by atoms with E-state index in [0.29, 0.717) is 12.1 Å². The number of hydrogen-bond donors (Lipinski definition) is 0. The van der Waals surface area contributed by atoms with E-state index in [4.69, 9.17) is 0 Å². The summed E-state index contributed by atoms with van der Waals surface area (Å²) in [6.45, 7) is 7.07. The van der Waals surface area contributed by atoms with Crippen molar-refractivity contribution in [3.8, 4) is 11.4 Å². The first-order chi connectivity index (χ1) is 9.74. The van der Waals surface area contributed by atoms with Gasteiger partial charge in [0, 0.05) is 12.7 Å². The maximum absolute atomic E-state index is 13.8. The van der Waals surface area contributed by atoms with Crippen molar-refractivity contribution in [2.75, 3.05) is 0 Å². The molecular formula is C15H15FN4. The van der Waals surface area contributed by atoms with Crippen LogP contribution in [0.25, 0.3) is 22.4 Å². The van der Waals surface area contributed by atoms with Crippen molar-refractivity contribution in [3.63, 3.8) is 0 Å². The van der Waals surface area contributed by atoms with Crippen LogP contribution in [0.3, 0.4) is 0 Å². The minimum absolute atomic E-state index is 0.297. The molecule has 0 N–H and O–H groups in total. The van der Waals surface area contributed by atoms with E-state index in [1.165, 1.54) is 6.07 Å². The van der Waals surface area contributed by atoms with Crippen molar-refractivity contribution in [1.29, 1.82) is 0 Å². The Morgan fingerprint density at radius 1 is 1.40 bits per heavy atom. The SMILES string of the molecule is C=CCn1cc(-c2nc3c(F)cccc3n2CC)cn1. The zero-order valence-corrected chi connectivity index (χ0v) is 11.3. The fraction of sp³-hybridized carbons (Fsp3) is 0.200. The summed E-state index contributed by atoms with van der Waals surface area (Å²) >= 11 is 0. The van der Waals surface area contributed by atoms with Crippen LogP contribution >= 0.6 is 0 Å². The van der Waals surface area contributed by atoms with Gasteiger partial charge in [0.2, 0.25) is 0 Å². The van der Waals surface area contributed by atoms with Crippen LogP contribution in [0.4, 0.5) is 4.39 Å². The fourth-order valence-electron chi connectivity index (χ4n) is 2.36. The molecule has 4 nitrogen and oxygen atoms in total. The van der Waals surface area contributed by atoms with Gasteiger partial charge in [-0.15, -0.1) is 6.58 Å². The maximum atomic E-state index is 13.8. The Kier molecular flexibility index (Phi) is 3.10. The van der Waals surface area contributed by atoms with Gasteiger partial charge in [-0.25, -0.2) is 9.37 Å². The third-order valence-corrected chi connectivity index (χ3v) is 3.25. The standard InChI is InChI=1S/C15H15FN4/c1-3-8-19-10-11(9-17-19)15-18-14-12(16)6-5-7-13(14)20(15)4-2/h3,5-7,9-10H,1,4,8H2,2H3. The van der Waals surface area contributed by atoms with E-state index in [0.717, 1.165) is 23.4 Å². The zero-order chi connectivity index (χ0) is 14.1. The highest BCUT2D eigenvalue weighted by atomic mass is 19.1. The summed E-state index contributed by atoms with van der Waals surface area (Å²) < 4.78 is 17.6. The molecule has 0 fully saturated rings. The molecule has 2 aromatic heterocycles. The highest BCUT2D eigenvalue weighted by Crippen LogP contribution is 2.25. The van der Waals surface area contributed by atoms with Crippen LogP contribution < -0.4 is 0 Å². The highest BCUT2D eigenvalue weighted by Gasteiger charge is 2.15. The summed E-state index contributed by atoms with van der Waals surface area (Å²) in [5, 5.41) is 4.25. The first-order valence-corrected chi connectivity index (χ1v) is 6.53. The van der Waals surface area contributed by atoms with Gasteiger partial charge in [-0.1, -0.05) is 12.1 Å². The normalized spacial score (nSPS) is 11.1. The van der Waals surface area contributed by atoms with Crippen LogP contribution in [0.2, 0.25) is 0 Å². The number of allylic oxidation sites excluding steroid dienone is 1. The molecule has 0 spiro atoms. The van der Waals surface area contributed by atoms with Crippen molar-refractivity contribution in [2.24, 2.45) is 0 Å². The predicted molar refractivity (Wildman–Crippen MR) is 76.8 cm³/mol. The van der Waals surface area contributed by atoms with Gasteiger partial charge in [0.05, 0.1) is 23.8 Å². The lowest BCUT2D eigenvalue weighted by Gasteiger charge is -2.03. The van der Waals surface area contributed by atoms with Crippen molar-refractivity contribution in [1.82, 2.24) is 19.3 Å². The average molecular weight is 270 g/mol. The van der Waals surface area contributed by atoms with Crippen molar-refractivity contribution in [2.45, 2.75) is 20.0 Å². The predicted octanol–water partition coefficient (Wildman–Crippen LogP) is 3.24. The first kappa shape index (κ1) is 12.6. The molecule has 1 aromatic carbocycles. The molecule has 0 saturated heterocycles. The second-order valence-corrected chi connectivity index (χ2v) is 4.53. The summed E-state index contributed by atoms with van der Waals surface area (Å²) in [5.74, 6) is 0.442. The van der Waals surface area contributed by atoms with E-state index in [1.54, 1.807) is 23.0 Å². The van der Waals surface area contributed by atoms with E-state index in [2.05, 4.69) is 16.7 Å². The number of halogens is 1. The van der Waals surface area contributed by atoms with Crippen molar-refractivity contribution in [3.05, 3.63) is 49.1 Å². The second kappa shape index (κ2) is 4.92. The van der Waals surface area contributed by atoms with Gasteiger partial charge in [0.1, 0.15) is 11.3 Å². The number of aromatic nitrogens is 4. The Hall–Kier alpha value is -2.43. The molecule has 0 aliphatic carbocycles. The maximum Gasteiger partial charge on any atom is 0.151 e. The number of hydrogen-bond acceptors (Lipinski definition) is 2. The van der Waals surface area contributed by atoms with Gasteiger partial charge in [0.25, 0.3) is 0 Å². The lowest BCUT2D eigenvalue weighted by molar-refractivity contribution is 0.637. The van der Waals surface area contributed by atoms with Crippen molar-refractivity contribution >= 4 is 11.0 Å². The number of imidazole rings is 1. The van der Waals surface area contributed by atoms with E-state index in [1.807, 2.05) is 23.8 Å². The van der Waals surface area contributed by atoms with Gasteiger partial charge in [-0.2, -0.15) is 5.10 Å². The molecule has 3 aromatic rings. The lowest BCUT2D eigenvalue weighted by atomic mass is 10.3. The number of rotatable bonds is 4. The van der Waals surface area contributed by atoms with E-state index in [9.17, 15) is 4.39 Å². The lowest BCUT2D eigenvalue weighted by Crippen LogP contribution is -1.97. The molecule has 2 heterocycles. The second-order valence-electron chi connectivity index (χ2n) is 4.53. The van der Waals surface area contributed by atoms with Gasteiger partial charge >= 0.3 is 0 Å².